The molecule has 6 nitrogen and oxygen atoms in total. The van der Waals surface area contributed by atoms with E-state index in [0.29, 0.717) is 25.9 Å². The number of nitrogens with zero attached hydrogens (tertiary/aromatic N) is 4. The Balaban J connectivity index is 1.95. The van der Waals surface area contributed by atoms with Crippen LogP contribution in [0.5, 0.6) is 0 Å². The minimum absolute atomic E-state index is 0.108. The maximum absolute atomic E-state index is 13.3. The molecule has 1 saturated heterocycles. The molecule has 0 bridgehead atoms. The first-order chi connectivity index (χ1) is 11.9. The molecule has 0 spiro atoms. The van der Waals surface area contributed by atoms with Crippen molar-refractivity contribution < 1.29 is 9.59 Å². The molecule has 2 heterocycles. The highest BCUT2D eigenvalue weighted by Gasteiger charge is 2.48. The highest BCUT2D eigenvalue weighted by atomic mass is 16.2. The predicted molar refractivity (Wildman–Crippen MR) is 95.6 cm³/mol. The van der Waals surface area contributed by atoms with Gasteiger partial charge in [-0.25, -0.2) is 4.98 Å². The van der Waals surface area contributed by atoms with Crippen LogP contribution in [0.2, 0.25) is 0 Å². The van der Waals surface area contributed by atoms with Crippen molar-refractivity contribution in [3.8, 4) is 0 Å². The molecule has 3 rings (SSSR count). The molecule has 0 radical (unpaired) electrons. The maximum Gasteiger partial charge on any atom is 0.228 e. The zero-order valence-electron chi connectivity index (χ0n) is 15.4. The van der Waals surface area contributed by atoms with Crippen LogP contribution in [0.3, 0.4) is 0 Å². The first kappa shape index (κ1) is 17.7. The SMILES string of the molecule is C=C(C)CN(CC)C(=O)[C@@H]1CCC(=O)N(C2CC2)[C@H]1c1nccn1C. The minimum Gasteiger partial charge on any atom is -0.339 e. The van der Waals surface area contributed by atoms with Crippen LogP contribution in [-0.2, 0) is 16.6 Å². The number of piperidine rings is 1. The van der Waals surface area contributed by atoms with Crippen molar-refractivity contribution in [3.05, 3.63) is 30.4 Å². The highest BCUT2D eigenvalue weighted by molar-refractivity contribution is 5.85. The van der Waals surface area contributed by atoms with Gasteiger partial charge < -0.3 is 14.4 Å². The highest BCUT2D eigenvalue weighted by Crippen LogP contribution is 2.43. The lowest BCUT2D eigenvalue weighted by molar-refractivity contribution is -0.148. The van der Waals surface area contributed by atoms with Crippen molar-refractivity contribution in [2.45, 2.75) is 51.6 Å². The molecule has 2 aliphatic rings. The Labute approximate surface area is 149 Å². The molecule has 0 N–H and O–H groups in total. The molecule has 1 aliphatic carbocycles. The molecule has 0 aromatic carbocycles. The fourth-order valence-electron chi connectivity index (χ4n) is 3.83. The molecule has 25 heavy (non-hydrogen) atoms. The maximum atomic E-state index is 13.3. The number of hydrogen-bond donors (Lipinski definition) is 0. The summed E-state index contributed by atoms with van der Waals surface area (Å²) in [6.45, 7) is 9.08. The summed E-state index contributed by atoms with van der Waals surface area (Å²) in [5.74, 6) is 0.836. The van der Waals surface area contributed by atoms with E-state index in [9.17, 15) is 9.59 Å². The van der Waals surface area contributed by atoms with Gasteiger partial charge in [-0.05, 0) is 33.1 Å². The Kier molecular flexibility index (Phi) is 4.97. The smallest absolute Gasteiger partial charge is 0.228 e. The van der Waals surface area contributed by atoms with Gasteiger partial charge in [-0.1, -0.05) is 12.2 Å². The van der Waals surface area contributed by atoms with Gasteiger partial charge in [-0.15, -0.1) is 0 Å². The number of hydrogen-bond acceptors (Lipinski definition) is 3. The van der Waals surface area contributed by atoms with E-state index in [0.717, 1.165) is 24.2 Å². The van der Waals surface area contributed by atoms with Crippen LogP contribution in [0.15, 0.2) is 24.5 Å². The third kappa shape index (κ3) is 3.48. The van der Waals surface area contributed by atoms with Crippen LogP contribution in [0.4, 0.5) is 0 Å². The minimum atomic E-state index is -0.263. The van der Waals surface area contributed by atoms with Gasteiger partial charge >= 0.3 is 0 Å². The van der Waals surface area contributed by atoms with E-state index in [1.807, 2.05) is 41.5 Å². The average Bonchev–Trinajstić information content (AvgIpc) is 3.32. The Morgan fingerprint density at radius 3 is 2.64 bits per heavy atom. The monoisotopic (exact) mass is 344 g/mol. The number of carbonyl (C=O) groups is 2. The number of rotatable bonds is 6. The topological polar surface area (TPSA) is 58.4 Å². The summed E-state index contributed by atoms with van der Waals surface area (Å²) in [6.07, 6.45) is 6.70. The van der Waals surface area contributed by atoms with Gasteiger partial charge in [0.05, 0.1) is 5.92 Å². The Morgan fingerprint density at radius 1 is 1.40 bits per heavy atom. The molecule has 136 valence electrons. The van der Waals surface area contributed by atoms with E-state index in [1.54, 1.807) is 6.20 Å². The van der Waals surface area contributed by atoms with Crippen LogP contribution in [0, 0.1) is 5.92 Å². The second-order valence-corrected chi connectivity index (χ2v) is 7.33. The van der Waals surface area contributed by atoms with Gasteiger partial charge in [0, 0.05) is 45.0 Å². The summed E-state index contributed by atoms with van der Waals surface area (Å²) in [6, 6.07) is 0.00133. The van der Waals surface area contributed by atoms with Crippen LogP contribution in [-0.4, -0.2) is 50.3 Å². The number of amides is 2. The number of aromatic nitrogens is 2. The van der Waals surface area contributed by atoms with Crippen molar-refractivity contribution >= 4 is 11.8 Å². The molecule has 0 unspecified atom stereocenters. The summed E-state index contributed by atoms with van der Waals surface area (Å²) in [5.41, 5.74) is 0.967. The van der Waals surface area contributed by atoms with E-state index >= 15 is 0 Å². The van der Waals surface area contributed by atoms with Crippen LogP contribution in [0.25, 0.3) is 0 Å². The standard InChI is InChI=1S/C19H28N4O2/c1-5-22(12-13(2)3)19(25)15-8-9-16(24)23(14-6-7-14)17(15)18-20-10-11-21(18)4/h10-11,14-15,17H,2,5-9,12H2,1,3-4H3/t15-,17-/m1/s1. The lowest BCUT2D eigenvalue weighted by Crippen LogP contribution is -2.50. The van der Waals surface area contributed by atoms with Gasteiger partial charge in [0.2, 0.25) is 11.8 Å². The summed E-state index contributed by atoms with van der Waals surface area (Å²) >= 11 is 0. The summed E-state index contributed by atoms with van der Waals surface area (Å²) in [5, 5.41) is 0. The molecule has 1 aromatic rings. The first-order valence-electron chi connectivity index (χ1n) is 9.15. The van der Waals surface area contributed by atoms with E-state index in [2.05, 4.69) is 11.6 Å². The summed E-state index contributed by atoms with van der Waals surface area (Å²) in [4.78, 5) is 34.2. The fraction of sp³-hybridized carbons (Fsp3) is 0.632. The molecule has 2 fully saturated rings. The zero-order valence-corrected chi connectivity index (χ0v) is 15.4. The molecule has 6 heteroatoms. The van der Waals surface area contributed by atoms with Crippen LogP contribution >= 0.6 is 0 Å². The van der Waals surface area contributed by atoms with Crippen LogP contribution < -0.4 is 0 Å². The van der Waals surface area contributed by atoms with Crippen LogP contribution in [0.1, 0.15) is 51.4 Å². The van der Waals surface area contributed by atoms with Crippen molar-refractivity contribution in [1.82, 2.24) is 19.4 Å². The first-order valence-corrected chi connectivity index (χ1v) is 9.15. The predicted octanol–water partition coefficient (Wildman–Crippen LogP) is 2.29. The van der Waals surface area contributed by atoms with Gasteiger partial charge in [0.25, 0.3) is 0 Å². The van der Waals surface area contributed by atoms with Crippen molar-refractivity contribution in [2.75, 3.05) is 13.1 Å². The molecule has 1 aliphatic heterocycles. The number of carbonyl (C=O) groups excluding carboxylic acids is 2. The number of likely N-dealkylation sites (N-methyl/N-ethyl adjacent to an activating group) is 1. The Bertz CT molecular complexity index is 677. The summed E-state index contributed by atoms with van der Waals surface area (Å²) < 4.78 is 1.94. The third-order valence-electron chi connectivity index (χ3n) is 5.17. The van der Waals surface area contributed by atoms with Gasteiger partial charge in [-0.3, -0.25) is 9.59 Å². The van der Waals surface area contributed by atoms with Gasteiger partial charge in [0.1, 0.15) is 11.9 Å². The normalized spacial score (nSPS) is 23.6. The third-order valence-corrected chi connectivity index (χ3v) is 5.17. The van der Waals surface area contributed by atoms with Crippen molar-refractivity contribution in [1.29, 1.82) is 0 Å². The average molecular weight is 344 g/mol. The van der Waals surface area contributed by atoms with Gasteiger partial charge in [0.15, 0.2) is 0 Å². The van der Waals surface area contributed by atoms with Crippen molar-refractivity contribution in [3.63, 3.8) is 0 Å². The lowest BCUT2D eigenvalue weighted by atomic mass is 9.86. The fourth-order valence-corrected chi connectivity index (χ4v) is 3.83. The van der Waals surface area contributed by atoms with Gasteiger partial charge in [-0.2, -0.15) is 0 Å². The largest absolute Gasteiger partial charge is 0.339 e. The number of likely N-dealkylation sites (tertiary alicyclic amines) is 1. The molecular weight excluding hydrogens is 316 g/mol. The molecular formula is C19H28N4O2. The van der Waals surface area contributed by atoms with E-state index in [1.165, 1.54) is 0 Å². The van der Waals surface area contributed by atoms with E-state index in [-0.39, 0.29) is 29.8 Å². The van der Waals surface area contributed by atoms with E-state index < -0.39 is 0 Å². The number of aryl methyl sites for hydroxylation is 1. The molecule has 1 saturated carbocycles. The van der Waals surface area contributed by atoms with E-state index in [4.69, 9.17) is 0 Å². The quantitative estimate of drug-likeness (QED) is 0.744. The van der Waals surface area contributed by atoms with Crippen molar-refractivity contribution in [2.24, 2.45) is 13.0 Å². The second kappa shape index (κ2) is 7.02. The molecule has 2 atom stereocenters. The molecule has 1 aromatic heterocycles. The zero-order chi connectivity index (χ0) is 18.1. The lowest BCUT2D eigenvalue weighted by Gasteiger charge is -2.41. The Morgan fingerprint density at radius 2 is 2.12 bits per heavy atom. The molecule has 2 amide bonds. The summed E-state index contributed by atoms with van der Waals surface area (Å²) in [7, 11) is 1.93. The number of imidazole rings is 1. The second-order valence-electron chi connectivity index (χ2n) is 7.33. The Hall–Kier alpha value is -2.11.